The molecule has 0 aromatic carbocycles. The zero-order valence-corrected chi connectivity index (χ0v) is 7.58. The Morgan fingerprint density at radius 1 is 1.67 bits per heavy atom. The molecule has 1 aromatic rings. The van der Waals surface area contributed by atoms with Gasteiger partial charge in [-0.1, -0.05) is 6.92 Å². The first-order valence-corrected chi connectivity index (χ1v) is 4.34. The predicted molar refractivity (Wildman–Crippen MR) is 45.9 cm³/mol. The molecule has 0 radical (unpaired) electrons. The molecule has 1 atom stereocenters. The second-order valence-electron chi connectivity index (χ2n) is 3.02. The number of hydrogen-bond donors (Lipinski definition) is 1. The van der Waals surface area contributed by atoms with Crippen LogP contribution in [0.1, 0.15) is 31.9 Å². The third kappa shape index (κ3) is 2.66. The van der Waals surface area contributed by atoms with Crippen LogP contribution in [-0.4, -0.2) is 16.2 Å². The largest absolute Gasteiger partial charge is 0.446 e. The minimum absolute atomic E-state index is 0.354. The van der Waals surface area contributed by atoms with Crippen molar-refractivity contribution in [1.82, 2.24) is 4.98 Å². The van der Waals surface area contributed by atoms with E-state index >= 15 is 0 Å². The molecule has 0 fully saturated rings. The van der Waals surface area contributed by atoms with E-state index in [1.165, 1.54) is 0 Å². The molecule has 1 heterocycles. The molecule has 3 nitrogen and oxygen atoms in total. The van der Waals surface area contributed by atoms with Crippen LogP contribution in [0.15, 0.2) is 10.6 Å². The number of aromatic nitrogens is 1. The zero-order valence-electron chi connectivity index (χ0n) is 7.58. The molecule has 1 aromatic heterocycles. The number of rotatable bonds is 4. The van der Waals surface area contributed by atoms with Crippen LogP contribution in [-0.2, 0) is 12.8 Å². The summed E-state index contributed by atoms with van der Waals surface area (Å²) in [6, 6.07) is 0. The van der Waals surface area contributed by atoms with Gasteiger partial charge in [0.2, 0.25) is 0 Å². The van der Waals surface area contributed by atoms with E-state index in [1.54, 1.807) is 13.1 Å². The topological polar surface area (TPSA) is 46.3 Å². The van der Waals surface area contributed by atoms with Gasteiger partial charge in [0.05, 0.1) is 12.3 Å². The predicted octanol–water partition coefficient (Wildman–Crippen LogP) is 1.55. The summed E-state index contributed by atoms with van der Waals surface area (Å²) in [7, 11) is 0. The summed E-state index contributed by atoms with van der Waals surface area (Å²) in [4.78, 5) is 4.08. The quantitative estimate of drug-likeness (QED) is 0.743. The molecule has 0 aliphatic heterocycles. The average molecular weight is 169 g/mol. The summed E-state index contributed by atoms with van der Waals surface area (Å²) in [5.41, 5.74) is 0. The van der Waals surface area contributed by atoms with Gasteiger partial charge < -0.3 is 9.52 Å². The molecule has 0 saturated heterocycles. The van der Waals surface area contributed by atoms with Gasteiger partial charge in [-0.25, -0.2) is 4.98 Å². The van der Waals surface area contributed by atoms with Crippen molar-refractivity contribution >= 4 is 0 Å². The second-order valence-corrected chi connectivity index (χ2v) is 3.02. The molecule has 0 aliphatic rings. The van der Waals surface area contributed by atoms with Gasteiger partial charge in [0.25, 0.3) is 0 Å². The highest BCUT2D eigenvalue weighted by Gasteiger charge is 2.05. The molecular formula is C9H15NO2. The van der Waals surface area contributed by atoms with E-state index in [4.69, 9.17) is 9.52 Å². The Kier molecular flexibility index (Phi) is 3.29. The van der Waals surface area contributed by atoms with Gasteiger partial charge in [0.1, 0.15) is 5.76 Å². The highest BCUT2D eigenvalue weighted by Crippen LogP contribution is 2.07. The fourth-order valence-corrected chi connectivity index (χ4v) is 1.06. The van der Waals surface area contributed by atoms with Gasteiger partial charge in [-0.3, -0.25) is 0 Å². The van der Waals surface area contributed by atoms with Crippen molar-refractivity contribution < 1.29 is 9.52 Å². The Morgan fingerprint density at radius 2 is 2.42 bits per heavy atom. The van der Waals surface area contributed by atoms with Crippen molar-refractivity contribution in [2.24, 2.45) is 0 Å². The van der Waals surface area contributed by atoms with Crippen molar-refractivity contribution in [1.29, 1.82) is 0 Å². The highest BCUT2D eigenvalue weighted by atomic mass is 16.4. The fourth-order valence-electron chi connectivity index (χ4n) is 1.06. The minimum Gasteiger partial charge on any atom is -0.446 e. The standard InChI is InChI=1S/C9H15NO2/c1-3-4-9-10-6-8(12-9)5-7(2)11/h6-7,11H,3-5H2,1-2H3. The van der Waals surface area contributed by atoms with Gasteiger partial charge >= 0.3 is 0 Å². The first-order chi connectivity index (χ1) is 5.72. The molecule has 12 heavy (non-hydrogen) atoms. The number of hydrogen-bond acceptors (Lipinski definition) is 3. The number of aliphatic hydroxyl groups excluding tert-OH is 1. The molecule has 3 heteroatoms. The fraction of sp³-hybridized carbons (Fsp3) is 0.667. The lowest BCUT2D eigenvalue weighted by molar-refractivity contribution is 0.186. The van der Waals surface area contributed by atoms with Gasteiger partial charge in [0, 0.05) is 12.8 Å². The normalized spacial score (nSPS) is 13.2. The average Bonchev–Trinajstić information content (AvgIpc) is 2.36. The maximum absolute atomic E-state index is 9.06. The van der Waals surface area contributed by atoms with Gasteiger partial charge in [-0.2, -0.15) is 0 Å². The van der Waals surface area contributed by atoms with Crippen LogP contribution in [0.2, 0.25) is 0 Å². The number of aliphatic hydroxyl groups is 1. The Bertz CT molecular complexity index is 230. The van der Waals surface area contributed by atoms with E-state index < -0.39 is 0 Å². The maximum Gasteiger partial charge on any atom is 0.194 e. The summed E-state index contributed by atoms with van der Waals surface area (Å²) in [6.07, 6.45) is 3.80. The van der Waals surface area contributed by atoms with Crippen molar-refractivity contribution in [3.63, 3.8) is 0 Å². The zero-order chi connectivity index (χ0) is 8.97. The van der Waals surface area contributed by atoms with Crippen LogP contribution in [0.25, 0.3) is 0 Å². The van der Waals surface area contributed by atoms with Crippen molar-refractivity contribution in [3.8, 4) is 0 Å². The SMILES string of the molecule is CCCc1ncc(CC(C)O)o1. The monoisotopic (exact) mass is 169 g/mol. The third-order valence-electron chi connectivity index (χ3n) is 1.56. The van der Waals surface area contributed by atoms with Crippen LogP contribution >= 0.6 is 0 Å². The number of aryl methyl sites for hydroxylation is 1. The summed E-state index contributed by atoms with van der Waals surface area (Å²) in [5.74, 6) is 1.54. The molecule has 1 unspecified atom stereocenters. The molecule has 68 valence electrons. The molecule has 0 aliphatic carbocycles. The Hall–Kier alpha value is -0.830. The van der Waals surface area contributed by atoms with Crippen molar-refractivity contribution in [3.05, 3.63) is 17.8 Å². The highest BCUT2D eigenvalue weighted by molar-refractivity contribution is 4.95. The molecular weight excluding hydrogens is 154 g/mol. The second kappa shape index (κ2) is 4.26. The lowest BCUT2D eigenvalue weighted by Gasteiger charge is -1.97. The molecule has 0 amide bonds. The Balaban J connectivity index is 2.52. The lowest BCUT2D eigenvalue weighted by Crippen LogP contribution is -2.02. The molecule has 0 spiro atoms. The molecule has 1 rings (SSSR count). The van der Waals surface area contributed by atoms with E-state index in [2.05, 4.69) is 11.9 Å². The minimum atomic E-state index is -0.354. The maximum atomic E-state index is 9.06. The van der Waals surface area contributed by atoms with Crippen LogP contribution in [0.3, 0.4) is 0 Å². The van der Waals surface area contributed by atoms with Crippen molar-refractivity contribution in [2.45, 2.75) is 39.2 Å². The smallest absolute Gasteiger partial charge is 0.194 e. The first-order valence-electron chi connectivity index (χ1n) is 4.34. The summed E-state index contributed by atoms with van der Waals surface area (Å²) in [5, 5.41) is 9.06. The summed E-state index contributed by atoms with van der Waals surface area (Å²) in [6.45, 7) is 3.82. The Morgan fingerprint density at radius 3 is 3.00 bits per heavy atom. The lowest BCUT2D eigenvalue weighted by atomic mass is 10.2. The molecule has 1 N–H and O–H groups in total. The number of nitrogens with zero attached hydrogens (tertiary/aromatic N) is 1. The van der Waals surface area contributed by atoms with Gasteiger partial charge in [0.15, 0.2) is 5.89 Å². The van der Waals surface area contributed by atoms with Gasteiger partial charge in [-0.15, -0.1) is 0 Å². The van der Waals surface area contributed by atoms with Crippen LogP contribution in [0.5, 0.6) is 0 Å². The van der Waals surface area contributed by atoms with Crippen LogP contribution in [0.4, 0.5) is 0 Å². The van der Waals surface area contributed by atoms with Crippen molar-refractivity contribution in [2.75, 3.05) is 0 Å². The van der Waals surface area contributed by atoms with Crippen LogP contribution < -0.4 is 0 Å². The van der Waals surface area contributed by atoms with Crippen LogP contribution in [0, 0.1) is 0 Å². The van der Waals surface area contributed by atoms with E-state index in [9.17, 15) is 0 Å². The summed E-state index contributed by atoms with van der Waals surface area (Å²) < 4.78 is 5.36. The third-order valence-corrected chi connectivity index (χ3v) is 1.56. The van der Waals surface area contributed by atoms with E-state index in [-0.39, 0.29) is 6.10 Å². The molecule has 0 saturated carbocycles. The van der Waals surface area contributed by atoms with E-state index in [1.807, 2.05) is 0 Å². The number of oxazole rings is 1. The van der Waals surface area contributed by atoms with Gasteiger partial charge in [-0.05, 0) is 13.3 Å². The molecule has 0 bridgehead atoms. The first kappa shape index (κ1) is 9.26. The summed E-state index contributed by atoms with van der Waals surface area (Å²) >= 11 is 0. The van der Waals surface area contributed by atoms with E-state index in [0.29, 0.717) is 6.42 Å². The Labute approximate surface area is 72.4 Å². The van der Waals surface area contributed by atoms with E-state index in [0.717, 1.165) is 24.5 Å².